The van der Waals surface area contributed by atoms with Crippen molar-refractivity contribution in [3.8, 4) is 0 Å². The normalized spacial score (nSPS) is 43.1. The highest BCUT2D eigenvalue weighted by Gasteiger charge is 2.81. The molecule has 4 heterocycles. The van der Waals surface area contributed by atoms with Gasteiger partial charge in [0.25, 0.3) is 0 Å². The minimum absolute atomic E-state index is 0.0126. The fourth-order valence-electron chi connectivity index (χ4n) is 7.75. The minimum atomic E-state index is -4.17. The monoisotopic (exact) mass is 490 g/mol. The van der Waals surface area contributed by atoms with E-state index in [4.69, 9.17) is 9.73 Å². The van der Waals surface area contributed by atoms with Crippen molar-refractivity contribution in [2.24, 2.45) is 27.7 Å². The van der Waals surface area contributed by atoms with Crippen LogP contribution < -0.4 is 5.32 Å². The number of rotatable bonds is 3. The molecule has 4 unspecified atom stereocenters. The molecule has 3 saturated carbocycles. The van der Waals surface area contributed by atoms with Crippen LogP contribution in [0.1, 0.15) is 62.8 Å². The molecule has 2 saturated heterocycles. The molecule has 6 nitrogen and oxygen atoms in total. The van der Waals surface area contributed by atoms with Crippen molar-refractivity contribution in [3.63, 3.8) is 0 Å². The van der Waals surface area contributed by atoms with Gasteiger partial charge in [0.1, 0.15) is 5.84 Å². The summed E-state index contributed by atoms with van der Waals surface area (Å²) in [6.45, 7) is 4.45. The van der Waals surface area contributed by atoms with Crippen LogP contribution in [0.15, 0.2) is 23.3 Å². The second-order valence-corrected chi connectivity index (χ2v) is 11.7. The number of aliphatic imine (C=N–C) groups is 1. The van der Waals surface area contributed by atoms with Crippen LogP contribution in [-0.2, 0) is 9.53 Å². The SMILES string of the molecule is CC1=NC2CC([C@H]3CCO[C@@H](c4ccnc(C)c4)C3)NC(C34CC(C(F)(F)F)(C3)C4)C2C(=O)N1C. The first-order valence-corrected chi connectivity index (χ1v) is 12.7. The van der Waals surface area contributed by atoms with Crippen molar-refractivity contribution in [2.45, 2.75) is 82.8 Å². The second kappa shape index (κ2) is 7.75. The number of halogens is 3. The maximum Gasteiger partial charge on any atom is 0.394 e. The number of pyridine rings is 1. The Morgan fingerprint density at radius 1 is 1.20 bits per heavy atom. The van der Waals surface area contributed by atoms with E-state index in [2.05, 4.69) is 16.4 Å². The van der Waals surface area contributed by atoms with Crippen molar-refractivity contribution in [1.29, 1.82) is 0 Å². The highest BCUT2D eigenvalue weighted by Crippen LogP contribution is 2.80. The average molecular weight is 491 g/mol. The maximum atomic E-state index is 13.6. The number of piperidine rings is 1. The lowest BCUT2D eigenvalue weighted by atomic mass is 9.31. The van der Waals surface area contributed by atoms with Crippen LogP contribution in [-0.4, -0.2) is 59.6 Å². The lowest BCUT2D eigenvalue weighted by molar-refractivity contribution is -0.373. The molecular formula is C26H33F3N4O2. The molecule has 35 heavy (non-hydrogen) atoms. The number of hydrogen-bond acceptors (Lipinski definition) is 5. The number of nitrogens with zero attached hydrogens (tertiary/aromatic N) is 3. The molecular weight excluding hydrogens is 457 g/mol. The Morgan fingerprint density at radius 2 is 1.94 bits per heavy atom. The largest absolute Gasteiger partial charge is 0.394 e. The molecule has 1 aromatic rings. The summed E-state index contributed by atoms with van der Waals surface area (Å²) in [6.07, 6.45) is 0.446. The molecule has 5 fully saturated rings. The van der Waals surface area contributed by atoms with E-state index in [1.54, 1.807) is 18.1 Å². The van der Waals surface area contributed by atoms with E-state index in [-0.39, 0.29) is 49.4 Å². The van der Waals surface area contributed by atoms with Crippen LogP contribution in [0, 0.1) is 29.6 Å². The fourth-order valence-corrected chi connectivity index (χ4v) is 7.75. The van der Waals surface area contributed by atoms with Crippen LogP contribution in [0.5, 0.6) is 0 Å². The minimum Gasteiger partial charge on any atom is -0.374 e. The van der Waals surface area contributed by atoms with E-state index >= 15 is 0 Å². The number of amidine groups is 1. The van der Waals surface area contributed by atoms with Gasteiger partial charge < -0.3 is 15.0 Å². The molecule has 6 atom stereocenters. The number of hydrogen-bond donors (Lipinski definition) is 1. The smallest absolute Gasteiger partial charge is 0.374 e. The van der Waals surface area contributed by atoms with Gasteiger partial charge in [-0.15, -0.1) is 0 Å². The summed E-state index contributed by atoms with van der Waals surface area (Å²) in [5.41, 5.74) is 0.0652. The van der Waals surface area contributed by atoms with Crippen molar-refractivity contribution in [3.05, 3.63) is 29.6 Å². The van der Waals surface area contributed by atoms with Crippen LogP contribution in [0.4, 0.5) is 13.2 Å². The number of ether oxygens (including phenoxy) is 1. The molecule has 3 aliphatic heterocycles. The van der Waals surface area contributed by atoms with Crippen molar-refractivity contribution >= 4 is 11.7 Å². The van der Waals surface area contributed by atoms with Gasteiger partial charge >= 0.3 is 6.18 Å². The van der Waals surface area contributed by atoms with Gasteiger partial charge in [-0.05, 0) is 81.4 Å². The Labute approximate surface area is 203 Å². The molecule has 0 radical (unpaired) electrons. The first-order chi connectivity index (χ1) is 16.5. The van der Waals surface area contributed by atoms with Gasteiger partial charge in [-0.2, -0.15) is 13.2 Å². The van der Waals surface area contributed by atoms with Gasteiger partial charge in [0.05, 0.1) is 23.5 Å². The third-order valence-corrected chi connectivity index (χ3v) is 9.63. The molecule has 1 N–H and O–H groups in total. The predicted molar refractivity (Wildman–Crippen MR) is 124 cm³/mol. The van der Waals surface area contributed by atoms with E-state index < -0.39 is 22.9 Å². The van der Waals surface area contributed by atoms with Crippen LogP contribution in [0.25, 0.3) is 0 Å². The Morgan fingerprint density at radius 3 is 2.63 bits per heavy atom. The summed E-state index contributed by atoms with van der Waals surface area (Å²) in [5, 5.41) is 3.77. The highest BCUT2D eigenvalue weighted by atomic mass is 19.4. The van der Waals surface area contributed by atoms with Gasteiger partial charge in [0.2, 0.25) is 5.91 Å². The standard InChI is InChI=1S/C26H33F3N4O2/c1-14-8-17(4-6-30-14)20-9-16(5-7-35-20)18-10-19-21(23(34)33(3)15(2)31-19)22(32-18)24-11-25(12-24,13-24)26(27,28)29/h4,6,8,16,18-22,32H,5,7,9-13H2,1-3H3/t16-,18?,19?,20+,21?,22?,24?,25?/m0/s1. The quantitative estimate of drug-likeness (QED) is 0.690. The van der Waals surface area contributed by atoms with Gasteiger partial charge in [-0.3, -0.25) is 14.8 Å². The molecule has 2 bridgehead atoms. The van der Waals surface area contributed by atoms with E-state index in [0.29, 0.717) is 18.4 Å². The first-order valence-electron chi connectivity index (χ1n) is 12.7. The van der Waals surface area contributed by atoms with Gasteiger partial charge in [-0.1, -0.05) is 0 Å². The van der Waals surface area contributed by atoms with Crippen molar-refractivity contribution < 1.29 is 22.7 Å². The van der Waals surface area contributed by atoms with Gasteiger partial charge in [0.15, 0.2) is 0 Å². The van der Waals surface area contributed by atoms with Crippen molar-refractivity contribution in [1.82, 2.24) is 15.2 Å². The lowest BCUT2D eigenvalue weighted by Gasteiger charge is -2.75. The van der Waals surface area contributed by atoms with Crippen LogP contribution in [0.3, 0.4) is 0 Å². The average Bonchev–Trinajstić information content (AvgIpc) is 2.74. The molecule has 190 valence electrons. The topological polar surface area (TPSA) is 66.8 Å². The number of nitrogens with one attached hydrogen (secondary N) is 1. The van der Waals surface area contributed by atoms with Crippen LogP contribution in [0.2, 0.25) is 0 Å². The number of carbonyl (C=O) groups is 1. The zero-order chi connectivity index (χ0) is 24.8. The maximum absolute atomic E-state index is 13.6. The zero-order valence-electron chi connectivity index (χ0n) is 20.4. The second-order valence-electron chi connectivity index (χ2n) is 11.7. The van der Waals surface area contributed by atoms with Gasteiger partial charge in [0, 0.05) is 37.6 Å². The lowest BCUT2D eigenvalue weighted by Crippen LogP contribution is -2.79. The summed E-state index contributed by atoms with van der Waals surface area (Å²) in [6, 6.07) is 3.69. The number of carbonyl (C=O) groups excluding carboxylic acids is 1. The molecule has 0 aromatic carbocycles. The molecule has 1 amide bonds. The number of alkyl halides is 3. The van der Waals surface area contributed by atoms with E-state index in [9.17, 15) is 18.0 Å². The summed E-state index contributed by atoms with van der Waals surface area (Å²) in [4.78, 5) is 24.1. The molecule has 6 aliphatic rings. The number of aryl methyl sites for hydroxylation is 1. The van der Waals surface area contributed by atoms with E-state index in [1.165, 1.54) is 0 Å². The fraction of sp³-hybridized carbons (Fsp3) is 0.731. The number of amides is 1. The molecule has 3 aliphatic carbocycles. The third-order valence-electron chi connectivity index (χ3n) is 9.63. The number of fused-ring (bicyclic) bond motifs is 1. The molecule has 7 rings (SSSR count). The van der Waals surface area contributed by atoms with E-state index in [0.717, 1.165) is 30.5 Å². The summed E-state index contributed by atoms with van der Waals surface area (Å²) in [7, 11) is 1.72. The van der Waals surface area contributed by atoms with E-state index in [1.807, 2.05) is 19.9 Å². The van der Waals surface area contributed by atoms with Crippen LogP contribution >= 0.6 is 0 Å². The zero-order valence-corrected chi connectivity index (χ0v) is 20.4. The summed E-state index contributed by atoms with van der Waals surface area (Å²) in [5.74, 6) is 0.586. The first kappa shape index (κ1) is 23.4. The molecule has 0 spiro atoms. The Bertz CT molecular complexity index is 1050. The van der Waals surface area contributed by atoms with Crippen molar-refractivity contribution in [2.75, 3.05) is 13.7 Å². The molecule has 1 aromatic heterocycles. The third kappa shape index (κ3) is 3.48. The number of aromatic nitrogens is 1. The highest BCUT2D eigenvalue weighted by molar-refractivity contribution is 6.00. The summed E-state index contributed by atoms with van der Waals surface area (Å²) < 4.78 is 47.1. The Kier molecular flexibility index (Phi) is 5.18. The van der Waals surface area contributed by atoms with Gasteiger partial charge in [-0.25, -0.2) is 0 Å². The molecule has 9 heteroatoms. The summed E-state index contributed by atoms with van der Waals surface area (Å²) >= 11 is 0. The predicted octanol–water partition coefficient (Wildman–Crippen LogP) is 4.20. The Balaban J connectivity index is 1.26. The Hall–Kier alpha value is -2.00.